The zero-order chi connectivity index (χ0) is 21.9. The van der Waals surface area contributed by atoms with E-state index in [2.05, 4.69) is 22.4 Å². The minimum absolute atomic E-state index is 0.00263. The second-order valence-corrected chi connectivity index (χ2v) is 8.74. The molecule has 1 aromatic heterocycles. The molecule has 1 unspecified atom stereocenters. The van der Waals surface area contributed by atoms with E-state index in [4.69, 9.17) is 0 Å². The fourth-order valence-electron chi connectivity index (χ4n) is 5.06. The largest absolute Gasteiger partial charge is 0.361 e. The number of benzene rings is 2. The van der Waals surface area contributed by atoms with E-state index in [1.165, 1.54) is 18.4 Å². The maximum Gasteiger partial charge on any atom is 0.255 e. The van der Waals surface area contributed by atoms with Gasteiger partial charge in [-0.1, -0.05) is 48.0 Å². The highest BCUT2D eigenvalue weighted by Crippen LogP contribution is 2.41. The Morgan fingerprint density at radius 3 is 2.78 bits per heavy atom. The van der Waals surface area contributed by atoms with E-state index in [1.807, 2.05) is 53.6 Å². The van der Waals surface area contributed by atoms with Crippen LogP contribution in [0.2, 0.25) is 0 Å². The van der Waals surface area contributed by atoms with Crippen LogP contribution in [0.5, 0.6) is 0 Å². The molecular formula is C27H29N3O2. The zero-order valence-electron chi connectivity index (χ0n) is 18.3. The van der Waals surface area contributed by atoms with Crippen LogP contribution in [-0.2, 0) is 4.79 Å². The molecule has 2 aromatic carbocycles. The number of H-pyrrole nitrogens is 1. The van der Waals surface area contributed by atoms with Gasteiger partial charge in [-0.05, 0) is 49.8 Å². The number of carbonyl (C=O) groups excluding carboxylic acids is 2. The molecule has 1 atom stereocenters. The summed E-state index contributed by atoms with van der Waals surface area (Å²) in [6.07, 6.45) is 10.4. The number of fused-ring (bicyclic) bond motifs is 2. The first kappa shape index (κ1) is 20.6. The van der Waals surface area contributed by atoms with Crippen LogP contribution in [0, 0.1) is 0 Å². The molecule has 0 radical (unpaired) electrons. The minimum atomic E-state index is -0.185. The van der Waals surface area contributed by atoms with E-state index in [1.54, 1.807) is 0 Å². The minimum Gasteiger partial charge on any atom is -0.361 e. The van der Waals surface area contributed by atoms with Crippen LogP contribution in [0.25, 0.3) is 10.9 Å². The predicted molar refractivity (Wildman–Crippen MR) is 126 cm³/mol. The number of carbonyl (C=O) groups is 2. The second kappa shape index (κ2) is 9.03. The van der Waals surface area contributed by atoms with E-state index in [0.717, 1.165) is 46.9 Å². The first-order chi connectivity index (χ1) is 15.7. The van der Waals surface area contributed by atoms with Gasteiger partial charge in [0, 0.05) is 47.7 Å². The molecule has 0 spiro atoms. The van der Waals surface area contributed by atoms with E-state index >= 15 is 0 Å². The summed E-state index contributed by atoms with van der Waals surface area (Å²) < 4.78 is 0. The van der Waals surface area contributed by atoms with Crippen LogP contribution in [-0.4, -0.2) is 34.8 Å². The second-order valence-electron chi connectivity index (χ2n) is 8.74. The Labute approximate surface area is 188 Å². The van der Waals surface area contributed by atoms with Gasteiger partial charge in [0.2, 0.25) is 5.91 Å². The lowest BCUT2D eigenvalue weighted by molar-refractivity contribution is -0.121. The van der Waals surface area contributed by atoms with E-state index in [0.29, 0.717) is 19.5 Å². The van der Waals surface area contributed by atoms with Gasteiger partial charge in [0.1, 0.15) is 0 Å². The van der Waals surface area contributed by atoms with E-state index in [9.17, 15) is 9.59 Å². The lowest BCUT2D eigenvalue weighted by atomic mass is 9.97. The Hall–Kier alpha value is -3.34. The van der Waals surface area contributed by atoms with Crippen LogP contribution in [0.4, 0.5) is 0 Å². The van der Waals surface area contributed by atoms with Gasteiger partial charge >= 0.3 is 0 Å². The molecule has 2 aliphatic rings. The summed E-state index contributed by atoms with van der Waals surface area (Å²) in [7, 11) is 0. The third-order valence-corrected chi connectivity index (χ3v) is 6.71. The molecule has 0 saturated heterocycles. The number of nitrogens with one attached hydrogen (secondary N) is 2. The summed E-state index contributed by atoms with van der Waals surface area (Å²) in [6, 6.07) is 15.7. The number of nitrogens with zero attached hydrogens (tertiary/aromatic N) is 1. The highest BCUT2D eigenvalue weighted by atomic mass is 16.2. The maximum absolute atomic E-state index is 13.2. The fraction of sp³-hybridized carbons (Fsp3) is 0.333. The van der Waals surface area contributed by atoms with Crippen molar-refractivity contribution in [3.8, 4) is 0 Å². The number of para-hydroxylation sites is 1. The summed E-state index contributed by atoms with van der Waals surface area (Å²) in [6.45, 7) is 1.07. The monoisotopic (exact) mass is 427 g/mol. The molecule has 1 aliphatic carbocycles. The summed E-state index contributed by atoms with van der Waals surface area (Å²) in [5.41, 5.74) is 5.32. The highest BCUT2D eigenvalue weighted by Gasteiger charge is 2.38. The Balaban J connectivity index is 1.30. The molecule has 0 saturated carbocycles. The van der Waals surface area contributed by atoms with Gasteiger partial charge < -0.3 is 15.2 Å². The summed E-state index contributed by atoms with van der Waals surface area (Å²) in [5, 5.41) is 4.15. The lowest BCUT2D eigenvalue weighted by Crippen LogP contribution is -2.34. The molecule has 5 heteroatoms. The number of aromatic nitrogens is 1. The molecule has 3 aromatic rings. The van der Waals surface area contributed by atoms with Crippen molar-refractivity contribution in [2.45, 2.75) is 44.6 Å². The molecule has 2 N–H and O–H groups in total. The number of amides is 2. The molecule has 164 valence electrons. The van der Waals surface area contributed by atoms with Gasteiger partial charge in [0.25, 0.3) is 5.91 Å². The summed E-state index contributed by atoms with van der Waals surface area (Å²) in [4.78, 5) is 31.0. The van der Waals surface area contributed by atoms with Gasteiger partial charge in [-0.15, -0.1) is 0 Å². The van der Waals surface area contributed by atoms with Crippen molar-refractivity contribution in [3.05, 3.63) is 83.1 Å². The third-order valence-electron chi connectivity index (χ3n) is 6.71. The molecule has 5 nitrogen and oxygen atoms in total. The summed E-state index contributed by atoms with van der Waals surface area (Å²) in [5.74, 6) is -0.00103. The number of hydrogen-bond acceptors (Lipinski definition) is 2. The van der Waals surface area contributed by atoms with E-state index < -0.39 is 0 Å². The van der Waals surface area contributed by atoms with Crippen LogP contribution in [0.1, 0.15) is 66.1 Å². The SMILES string of the molecule is O=C(CCN1C(=O)c2ccccc2C1c1c[nH]c2ccccc12)NCCC1=CCCCC1. The first-order valence-electron chi connectivity index (χ1n) is 11.6. The van der Waals surface area contributed by atoms with Gasteiger partial charge in [-0.3, -0.25) is 9.59 Å². The quantitative estimate of drug-likeness (QED) is 0.515. The predicted octanol–water partition coefficient (Wildman–Crippen LogP) is 5.11. The molecule has 2 amide bonds. The summed E-state index contributed by atoms with van der Waals surface area (Å²) >= 11 is 0. The Morgan fingerprint density at radius 2 is 1.91 bits per heavy atom. The average molecular weight is 428 g/mol. The van der Waals surface area contributed by atoms with Crippen molar-refractivity contribution in [1.29, 1.82) is 0 Å². The highest BCUT2D eigenvalue weighted by molar-refractivity contribution is 6.01. The van der Waals surface area contributed by atoms with Crippen LogP contribution in [0.3, 0.4) is 0 Å². The van der Waals surface area contributed by atoms with Gasteiger partial charge in [-0.25, -0.2) is 0 Å². The molecule has 0 fully saturated rings. The van der Waals surface area contributed by atoms with Crippen molar-refractivity contribution >= 4 is 22.7 Å². The van der Waals surface area contributed by atoms with Gasteiger partial charge in [0.15, 0.2) is 0 Å². The number of rotatable bonds is 7. The Morgan fingerprint density at radius 1 is 1.06 bits per heavy atom. The molecule has 1 aliphatic heterocycles. The molecule has 0 bridgehead atoms. The van der Waals surface area contributed by atoms with Gasteiger partial charge in [-0.2, -0.15) is 0 Å². The smallest absolute Gasteiger partial charge is 0.255 e. The van der Waals surface area contributed by atoms with Crippen LogP contribution in [0.15, 0.2) is 66.4 Å². The Bertz CT molecular complexity index is 1180. The molecule has 5 rings (SSSR count). The third kappa shape index (κ3) is 3.95. The first-order valence-corrected chi connectivity index (χ1v) is 11.6. The van der Waals surface area contributed by atoms with Crippen LogP contribution >= 0.6 is 0 Å². The lowest BCUT2D eigenvalue weighted by Gasteiger charge is -2.25. The van der Waals surface area contributed by atoms with Crippen molar-refractivity contribution in [2.75, 3.05) is 13.1 Å². The van der Waals surface area contributed by atoms with Crippen molar-refractivity contribution in [1.82, 2.24) is 15.2 Å². The van der Waals surface area contributed by atoms with E-state index in [-0.39, 0.29) is 17.9 Å². The number of allylic oxidation sites excluding steroid dienone is 1. The van der Waals surface area contributed by atoms with Crippen molar-refractivity contribution in [2.24, 2.45) is 0 Å². The molecule has 32 heavy (non-hydrogen) atoms. The number of aromatic amines is 1. The fourth-order valence-corrected chi connectivity index (χ4v) is 5.06. The van der Waals surface area contributed by atoms with Crippen LogP contribution < -0.4 is 5.32 Å². The average Bonchev–Trinajstić information content (AvgIpc) is 3.37. The normalized spacial score (nSPS) is 18.0. The zero-order valence-corrected chi connectivity index (χ0v) is 18.3. The number of hydrogen-bond donors (Lipinski definition) is 2. The van der Waals surface area contributed by atoms with Gasteiger partial charge in [0.05, 0.1) is 6.04 Å². The van der Waals surface area contributed by atoms with Crippen molar-refractivity contribution < 1.29 is 9.59 Å². The van der Waals surface area contributed by atoms with Crippen molar-refractivity contribution in [3.63, 3.8) is 0 Å². The Kier molecular flexibility index (Phi) is 5.80. The standard InChI is InChI=1S/C27H29N3O2/c31-25(28-16-14-19-8-2-1-3-9-19)15-17-30-26(21-11-4-5-12-22(21)27(30)32)23-18-29-24-13-7-6-10-20(23)24/h4-8,10-13,18,26,29H,1-3,9,14-17H2,(H,28,31). The topological polar surface area (TPSA) is 65.2 Å². The maximum atomic E-state index is 13.2. The molecular weight excluding hydrogens is 398 g/mol. The molecule has 2 heterocycles.